The molecule has 3 heteroatoms. The van der Waals surface area contributed by atoms with Gasteiger partial charge in [-0.15, -0.1) is 0 Å². The van der Waals surface area contributed by atoms with Gasteiger partial charge in [0.2, 0.25) is 6.41 Å². The quantitative estimate of drug-likeness (QED) is 0.201. The van der Waals surface area contributed by atoms with Gasteiger partial charge in [-0.2, -0.15) is 0 Å². The smallest absolute Gasteiger partial charge is 0.211 e. The molecule has 1 rings (SSSR count). The Balaban J connectivity index is 1.76. The summed E-state index contributed by atoms with van der Waals surface area (Å²) in [5, 5.41) is 2.76. The highest BCUT2D eigenvalue weighted by molar-refractivity contribution is 5.50. The van der Waals surface area contributed by atoms with Gasteiger partial charge in [-0.25, -0.2) is 0 Å². The third-order valence-corrected chi connectivity index (χ3v) is 5.51. The third-order valence-electron chi connectivity index (χ3n) is 5.51. The standard InChI is InChI=1S/C24H44N2O/c1-2-3-4-5-6-7-8-9-10-11-12-13-14-15-16-17-20-26-21-18-19-24(22-26)25-23-27/h18-19,21,23H,2-17,20,22H2,1H3,(H,25,27). The van der Waals surface area contributed by atoms with Crippen LogP contribution in [0.4, 0.5) is 0 Å². The van der Waals surface area contributed by atoms with Crippen molar-refractivity contribution >= 4 is 6.41 Å². The molecule has 0 saturated heterocycles. The highest BCUT2D eigenvalue weighted by Gasteiger charge is 2.06. The Labute approximate surface area is 168 Å². The molecule has 1 heterocycles. The van der Waals surface area contributed by atoms with E-state index in [0.29, 0.717) is 0 Å². The molecule has 0 aromatic carbocycles. The van der Waals surface area contributed by atoms with E-state index in [2.05, 4.69) is 23.3 Å². The first-order valence-electron chi connectivity index (χ1n) is 11.7. The van der Waals surface area contributed by atoms with Gasteiger partial charge in [-0.05, 0) is 24.8 Å². The van der Waals surface area contributed by atoms with Gasteiger partial charge in [-0.3, -0.25) is 4.79 Å². The lowest BCUT2D eigenvalue weighted by molar-refractivity contribution is -0.109. The van der Waals surface area contributed by atoms with Crippen molar-refractivity contribution in [3.63, 3.8) is 0 Å². The van der Waals surface area contributed by atoms with Gasteiger partial charge in [-0.1, -0.05) is 103 Å². The molecule has 3 nitrogen and oxygen atoms in total. The van der Waals surface area contributed by atoms with Gasteiger partial charge < -0.3 is 10.2 Å². The molecule has 1 aliphatic heterocycles. The lowest BCUT2D eigenvalue weighted by Gasteiger charge is -2.24. The topological polar surface area (TPSA) is 32.3 Å². The summed E-state index contributed by atoms with van der Waals surface area (Å²) in [4.78, 5) is 12.8. The number of amides is 1. The Kier molecular flexibility index (Phi) is 16.0. The average molecular weight is 377 g/mol. The number of allylic oxidation sites excluding steroid dienone is 2. The summed E-state index contributed by atoms with van der Waals surface area (Å²) in [6.07, 6.45) is 29.4. The maximum Gasteiger partial charge on any atom is 0.211 e. The molecule has 0 saturated carbocycles. The summed E-state index contributed by atoms with van der Waals surface area (Å²) in [7, 11) is 0. The van der Waals surface area contributed by atoms with Crippen LogP contribution in [0.15, 0.2) is 24.0 Å². The Bertz CT molecular complexity index is 403. The van der Waals surface area contributed by atoms with Crippen molar-refractivity contribution in [2.24, 2.45) is 0 Å². The zero-order valence-electron chi connectivity index (χ0n) is 17.9. The number of rotatable bonds is 19. The predicted octanol–water partition coefficient (Wildman–Crippen LogP) is 6.71. The van der Waals surface area contributed by atoms with Crippen LogP contribution >= 0.6 is 0 Å². The predicted molar refractivity (Wildman–Crippen MR) is 118 cm³/mol. The number of carbonyl (C=O) groups excluding carboxylic acids is 1. The molecule has 0 bridgehead atoms. The first-order chi connectivity index (χ1) is 13.4. The molecule has 0 spiro atoms. The van der Waals surface area contributed by atoms with Crippen molar-refractivity contribution in [2.45, 2.75) is 110 Å². The number of hydrogen-bond acceptors (Lipinski definition) is 2. The molecule has 0 aliphatic carbocycles. The molecule has 0 radical (unpaired) electrons. The van der Waals surface area contributed by atoms with E-state index in [-0.39, 0.29) is 0 Å². The van der Waals surface area contributed by atoms with Gasteiger partial charge >= 0.3 is 0 Å². The molecule has 0 fully saturated rings. The minimum Gasteiger partial charge on any atom is -0.372 e. The van der Waals surface area contributed by atoms with E-state index in [0.717, 1.165) is 25.2 Å². The minimum absolute atomic E-state index is 0.762. The van der Waals surface area contributed by atoms with Gasteiger partial charge in [0, 0.05) is 12.2 Å². The number of hydrogen-bond donors (Lipinski definition) is 1. The second-order valence-corrected chi connectivity index (χ2v) is 8.07. The van der Waals surface area contributed by atoms with E-state index in [1.807, 2.05) is 12.2 Å². The number of nitrogens with one attached hydrogen (secondary N) is 1. The third kappa shape index (κ3) is 14.5. The van der Waals surface area contributed by atoms with Gasteiger partial charge in [0.15, 0.2) is 0 Å². The highest BCUT2D eigenvalue weighted by Crippen LogP contribution is 2.14. The van der Waals surface area contributed by atoms with Gasteiger partial charge in [0.25, 0.3) is 0 Å². The van der Waals surface area contributed by atoms with Crippen LogP contribution in [-0.4, -0.2) is 24.4 Å². The van der Waals surface area contributed by atoms with E-state index in [1.54, 1.807) is 0 Å². The van der Waals surface area contributed by atoms with E-state index in [4.69, 9.17) is 0 Å². The molecule has 1 amide bonds. The Morgan fingerprint density at radius 2 is 1.30 bits per heavy atom. The lowest BCUT2D eigenvalue weighted by atomic mass is 10.0. The summed E-state index contributed by atoms with van der Waals surface area (Å²) in [5.74, 6) is 0. The van der Waals surface area contributed by atoms with Gasteiger partial charge in [0.1, 0.15) is 0 Å². The summed E-state index contributed by atoms with van der Waals surface area (Å²) >= 11 is 0. The zero-order chi connectivity index (χ0) is 19.4. The molecule has 0 aromatic rings. The fourth-order valence-electron chi connectivity index (χ4n) is 3.79. The molecule has 0 unspecified atom stereocenters. The van der Waals surface area contributed by atoms with E-state index in [9.17, 15) is 4.79 Å². The Morgan fingerprint density at radius 3 is 1.78 bits per heavy atom. The molecule has 0 aromatic heterocycles. The summed E-state index contributed by atoms with van der Waals surface area (Å²) in [6.45, 7) is 4.21. The molecule has 27 heavy (non-hydrogen) atoms. The van der Waals surface area contributed by atoms with E-state index >= 15 is 0 Å². The highest BCUT2D eigenvalue weighted by atomic mass is 16.1. The van der Waals surface area contributed by atoms with Crippen molar-refractivity contribution in [3.8, 4) is 0 Å². The monoisotopic (exact) mass is 376 g/mol. The summed E-state index contributed by atoms with van der Waals surface area (Å²) in [5.41, 5.74) is 0.990. The van der Waals surface area contributed by atoms with Crippen LogP contribution in [0.25, 0.3) is 0 Å². The van der Waals surface area contributed by atoms with Crippen LogP contribution in [0.5, 0.6) is 0 Å². The molecular weight excluding hydrogens is 332 g/mol. The van der Waals surface area contributed by atoms with Crippen molar-refractivity contribution < 1.29 is 4.79 Å². The first-order valence-corrected chi connectivity index (χ1v) is 11.7. The van der Waals surface area contributed by atoms with Crippen LogP contribution in [-0.2, 0) is 4.79 Å². The van der Waals surface area contributed by atoms with Crippen molar-refractivity contribution in [3.05, 3.63) is 24.0 Å². The second-order valence-electron chi connectivity index (χ2n) is 8.07. The van der Waals surface area contributed by atoms with Crippen LogP contribution < -0.4 is 5.32 Å². The maximum absolute atomic E-state index is 10.5. The first kappa shape index (κ1) is 23.8. The van der Waals surface area contributed by atoms with Crippen LogP contribution in [0, 0.1) is 0 Å². The van der Waals surface area contributed by atoms with Gasteiger partial charge in [0.05, 0.1) is 6.54 Å². The molecule has 1 aliphatic rings. The zero-order valence-corrected chi connectivity index (χ0v) is 17.9. The summed E-state index contributed by atoms with van der Waals surface area (Å²) in [6, 6.07) is 0. The molecule has 1 N–H and O–H groups in total. The summed E-state index contributed by atoms with van der Waals surface area (Å²) < 4.78 is 0. The molecule has 0 atom stereocenters. The van der Waals surface area contributed by atoms with Crippen LogP contribution in [0.1, 0.15) is 110 Å². The van der Waals surface area contributed by atoms with Crippen molar-refractivity contribution in [2.75, 3.05) is 13.1 Å². The minimum atomic E-state index is 0.762. The fourth-order valence-corrected chi connectivity index (χ4v) is 3.79. The second kappa shape index (κ2) is 18.1. The normalized spacial score (nSPS) is 13.7. The van der Waals surface area contributed by atoms with Crippen LogP contribution in [0.2, 0.25) is 0 Å². The SMILES string of the molecule is CCCCCCCCCCCCCCCCCCN1C=CC=C(NC=O)C1. The lowest BCUT2D eigenvalue weighted by Crippen LogP contribution is -2.28. The Morgan fingerprint density at radius 1 is 0.815 bits per heavy atom. The van der Waals surface area contributed by atoms with Crippen LogP contribution in [0.3, 0.4) is 0 Å². The van der Waals surface area contributed by atoms with Crippen molar-refractivity contribution in [1.82, 2.24) is 10.2 Å². The maximum atomic E-state index is 10.5. The number of nitrogens with zero attached hydrogens (tertiary/aromatic N) is 1. The number of unbranched alkanes of at least 4 members (excludes halogenated alkanes) is 15. The molecule has 156 valence electrons. The fraction of sp³-hybridized carbons (Fsp3) is 0.792. The van der Waals surface area contributed by atoms with E-state index < -0.39 is 0 Å². The van der Waals surface area contributed by atoms with E-state index in [1.165, 1.54) is 103 Å². The number of carbonyl (C=O) groups is 1. The average Bonchev–Trinajstić information content (AvgIpc) is 2.68. The molecular formula is C24H44N2O. The Hall–Kier alpha value is -1.25. The largest absolute Gasteiger partial charge is 0.372 e. The van der Waals surface area contributed by atoms with Crippen molar-refractivity contribution in [1.29, 1.82) is 0 Å².